The van der Waals surface area contributed by atoms with Crippen LogP contribution in [-0.4, -0.2) is 39.4 Å². The van der Waals surface area contributed by atoms with Crippen LogP contribution in [0.15, 0.2) is 66.9 Å². The molecule has 1 amide bonds. The molecule has 6 nitrogen and oxygen atoms in total. The van der Waals surface area contributed by atoms with E-state index in [0.717, 1.165) is 54.5 Å². The lowest BCUT2D eigenvalue weighted by Gasteiger charge is -2.37. The summed E-state index contributed by atoms with van der Waals surface area (Å²) in [6.07, 6.45) is 3.58. The molecule has 0 saturated carbocycles. The predicted octanol–water partition coefficient (Wildman–Crippen LogP) is 5.13. The molecule has 0 unspecified atom stereocenters. The smallest absolute Gasteiger partial charge is 0.247 e. The number of carbonyl (C=O) groups is 1. The van der Waals surface area contributed by atoms with Gasteiger partial charge in [-0.3, -0.25) is 4.79 Å². The maximum Gasteiger partial charge on any atom is 0.247 e. The van der Waals surface area contributed by atoms with E-state index in [0.29, 0.717) is 5.92 Å². The first-order chi connectivity index (χ1) is 15.4. The molecule has 1 aliphatic rings. The molecule has 3 heterocycles. The zero-order valence-electron chi connectivity index (χ0n) is 19.0. The summed E-state index contributed by atoms with van der Waals surface area (Å²) in [5, 5.41) is 6.70. The highest BCUT2D eigenvalue weighted by Gasteiger charge is 2.34. The minimum Gasteiger partial charge on any atom is -0.371 e. The maximum atomic E-state index is 13.3. The Morgan fingerprint density at radius 1 is 0.969 bits per heavy atom. The van der Waals surface area contributed by atoms with Crippen molar-refractivity contribution >= 4 is 23.2 Å². The Kier molecular flexibility index (Phi) is 6.40. The van der Waals surface area contributed by atoms with E-state index in [2.05, 4.69) is 34.7 Å². The lowest BCUT2D eigenvalue weighted by atomic mass is 9.91. The number of carbonyl (C=O) groups excluding carboxylic acids is 1. The number of para-hydroxylation sites is 1. The number of amides is 1. The minimum atomic E-state index is -0.663. The van der Waals surface area contributed by atoms with Crippen LogP contribution < -0.4 is 10.6 Å². The Morgan fingerprint density at radius 2 is 1.69 bits per heavy atom. The number of aryl methyl sites for hydroxylation is 1. The molecule has 0 aliphatic carbocycles. The Bertz CT molecular complexity index is 1060. The van der Waals surface area contributed by atoms with Crippen LogP contribution in [0.4, 0.5) is 17.3 Å². The molecule has 1 aliphatic heterocycles. The van der Waals surface area contributed by atoms with Crippen LogP contribution in [0.25, 0.3) is 0 Å². The summed E-state index contributed by atoms with van der Waals surface area (Å²) in [4.78, 5) is 24.4. The molecule has 1 aromatic carbocycles. The maximum absolute atomic E-state index is 13.3. The number of nitrogens with zero attached hydrogens (tertiary/aromatic N) is 3. The van der Waals surface area contributed by atoms with Crippen molar-refractivity contribution in [2.45, 2.75) is 45.1 Å². The summed E-state index contributed by atoms with van der Waals surface area (Å²) in [7, 11) is 0. The lowest BCUT2D eigenvalue weighted by molar-refractivity contribution is -0.136. The number of pyridine rings is 2. The highest BCUT2D eigenvalue weighted by molar-refractivity contribution is 5.89. The van der Waals surface area contributed by atoms with E-state index in [9.17, 15) is 4.79 Å². The highest BCUT2D eigenvalue weighted by atomic mass is 16.2. The normalized spacial score (nSPS) is 14.8. The van der Waals surface area contributed by atoms with Gasteiger partial charge in [0.2, 0.25) is 5.91 Å². The Morgan fingerprint density at radius 3 is 2.41 bits per heavy atom. The van der Waals surface area contributed by atoms with E-state index in [1.54, 1.807) is 6.20 Å². The fourth-order valence-corrected chi connectivity index (χ4v) is 4.19. The topological polar surface area (TPSA) is 70.2 Å². The largest absolute Gasteiger partial charge is 0.371 e. The summed E-state index contributed by atoms with van der Waals surface area (Å²) in [6.45, 7) is 7.45. The van der Waals surface area contributed by atoms with Crippen LogP contribution in [-0.2, 0) is 4.79 Å². The number of rotatable bonds is 6. The molecule has 1 saturated heterocycles. The van der Waals surface area contributed by atoms with Crippen molar-refractivity contribution in [2.24, 2.45) is 0 Å². The number of hydrogen-bond donors (Lipinski definition) is 2. The van der Waals surface area contributed by atoms with Crippen molar-refractivity contribution in [1.29, 1.82) is 0 Å². The fourth-order valence-electron chi connectivity index (χ4n) is 4.19. The predicted molar refractivity (Wildman–Crippen MR) is 129 cm³/mol. The van der Waals surface area contributed by atoms with Gasteiger partial charge in [0.05, 0.1) is 0 Å². The van der Waals surface area contributed by atoms with E-state index in [1.165, 1.54) is 0 Å². The second-order valence-corrected chi connectivity index (χ2v) is 8.92. The van der Waals surface area contributed by atoms with Crippen molar-refractivity contribution in [2.75, 3.05) is 23.7 Å². The van der Waals surface area contributed by atoms with Gasteiger partial charge in [0, 0.05) is 36.6 Å². The zero-order chi connectivity index (χ0) is 22.6. The van der Waals surface area contributed by atoms with Gasteiger partial charge in [0.25, 0.3) is 0 Å². The van der Waals surface area contributed by atoms with Gasteiger partial charge in [-0.1, -0.05) is 30.3 Å². The summed E-state index contributed by atoms with van der Waals surface area (Å²) in [5.41, 5.74) is 2.54. The standard InChI is InChI=1S/C26H31N5O/c1-19-9-4-5-10-21(19)30-26(2,3)25(32)31-17-14-20(15-18-31)22-11-8-13-24(28-22)29-23-12-6-7-16-27-23/h4-13,16,20,30H,14-15,17-18H2,1-3H3,(H,27,28,29). The Balaban J connectivity index is 1.37. The molecule has 2 N–H and O–H groups in total. The Hall–Kier alpha value is -3.41. The van der Waals surface area contributed by atoms with Crippen LogP contribution in [0.5, 0.6) is 0 Å². The average molecular weight is 430 g/mol. The number of anilines is 3. The third kappa shape index (κ3) is 5.07. The average Bonchev–Trinajstić information content (AvgIpc) is 2.81. The van der Waals surface area contributed by atoms with Gasteiger partial charge in [-0.15, -0.1) is 0 Å². The fraction of sp³-hybridized carbons (Fsp3) is 0.346. The SMILES string of the molecule is Cc1ccccc1NC(C)(C)C(=O)N1CCC(c2cccc(Nc3ccccn3)n2)CC1. The summed E-state index contributed by atoms with van der Waals surface area (Å²) in [6, 6.07) is 19.9. The van der Waals surface area contributed by atoms with Crippen LogP contribution in [0.3, 0.4) is 0 Å². The van der Waals surface area contributed by atoms with Crippen molar-refractivity contribution in [1.82, 2.24) is 14.9 Å². The highest BCUT2D eigenvalue weighted by Crippen LogP contribution is 2.30. The van der Waals surface area contributed by atoms with E-state index in [1.807, 2.05) is 67.3 Å². The second kappa shape index (κ2) is 9.39. The number of nitrogens with one attached hydrogen (secondary N) is 2. The molecule has 2 aromatic heterocycles. The monoisotopic (exact) mass is 429 g/mol. The number of hydrogen-bond acceptors (Lipinski definition) is 5. The van der Waals surface area contributed by atoms with Crippen LogP contribution in [0, 0.1) is 6.92 Å². The van der Waals surface area contributed by atoms with Crippen LogP contribution in [0.1, 0.15) is 43.9 Å². The lowest BCUT2D eigenvalue weighted by Crippen LogP contribution is -2.52. The summed E-state index contributed by atoms with van der Waals surface area (Å²) in [5.74, 6) is 2.05. The van der Waals surface area contributed by atoms with Crippen molar-refractivity contribution in [3.63, 3.8) is 0 Å². The first-order valence-electron chi connectivity index (χ1n) is 11.2. The van der Waals surface area contributed by atoms with Gasteiger partial charge in [-0.05, 0) is 69.5 Å². The van der Waals surface area contributed by atoms with E-state index in [-0.39, 0.29) is 5.91 Å². The molecule has 32 heavy (non-hydrogen) atoms. The molecule has 166 valence electrons. The first kappa shape index (κ1) is 21.8. The van der Waals surface area contributed by atoms with Crippen LogP contribution >= 0.6 is 0 Å². The van der Waals surface area contributed by atoms with E-state index < -0.39 is 5.54 Å². The van der Waals surface area contributed by atoms with Crippen molar-refractivity contribution in [3.05, 3.63) is 78.1 Å². The molecular weight excluding hydrogens is 398 g/mol. The molecule has 6 heteroatoms. The third-order valence-corrected chi connectivity index (χ3v) is 6.02. The number of likely N-dealkylation sites (tertiary alicyclic amines) is 1. The molecule has 4 rings (SSSR count). The van der Waals surface area contributed by atoms with Crippen LogP contribution in [0.2, 0.25) is 0 Å². The van der Waals surface area contributed by atoms with E-state index >= 15 is 0 Å². The minimum absolute atomic E-state index is 0.137. The molecule has 0 radical (unpaired) electrons. The first-order valence-corrected chi connectivity index (χ1v) is 11.2. The van der Waals surface area contributed by atoms with Crippen molar-refractivity contribution < 1.29 is 4.79 Å². The second-order valence-electron chi connectivity index (χ2n) is 8.92. The van der Waals surface area contributed by atoms with Gasteiger partial charge < -0.3 is 15.5 Å². The zero-order valence-corrected chi connectivity index (χ0v) is 19.0. The quantitative estimate of drug-likeness (QED) is 0.569. The molecule has 0 atom stereocenters. The summed E-state index contributed by atoms with van der Waals surface area (Å²) < 4.78 is 0. The van der Waals surface area contributed by atoms with Gasteiger partial charge in [0.1, 0.15) is 17.2 Å². The summed E-state index contributed by atoms with van der Waals surface area (Å²) >= 11 is 0. The third-order valence-electron chi connectivity index (χ3n) is 6.02. The Labute approximate surface area is 190 Å². The molecule has 0 spiro atoms. The number of aromatic nitrogens is 2. The molecule has 0 bridgehead atoms. The van der Waals surface area contributed by atoms with Gasteiger partial charge >= 0.3 is 0 Å². The van der Waals surface area contributed by atoms with Gasteiger partial charge in [-0.2, -0.15) is 0 Å². The number of piperidine rings is 1. The van der Waals surface area contributed by atoms with Gasteiger partial charge in [0.15, 0.2) is 0 Å². The number of benzene rings is 1. The molecule has 3 aromatic rings. The molecule has 1 fully saturated rings. The van der Waals surface area contributed by atoms with E-state index in [4.69, 9.17) is 4.98 Å². The molecular formula is C26H31N5O. The van der Waals surface area contributed by atoms with Crippen molar-refractivity contribution in [3.8, 4) is 0 Å². The van der Waals surface area contributed by atoms with Gasteiger partial charge in [-0.25, -0.2) is 9.97 Å².